The van der Waals surface area contributed by atoms with E-state index in [1.807, 2.05) is 31.2 Å². The van der Waals surface area contributed by atoms with Gasteiger partial charge in [-0.15, -0.1) is 0 Å². The lowest BCUT2D eigenvalue weighted by molar-refractivity contribution is -0.125. The van der Waals surface area contributed by atoms with Crippen molar-refractivity contribution in [3.05, 3.63) is 102 Å². The van der Waals surface area contributed by atoms with Crippen molar-refractivity contribution in [3.8, 4) is 11.5 Å². The molecular weight excluding hydrogens is 418 g/mol. The maximum atomic E-state index is 13.2. The summed E-state index contributed by atoms with van der Waals surface area (Å²) in [6, 6.07) is 26.1. The third-order valence-electron chi connectivity index (χ3n) is 5.09. The molecule has 0 saturated heterocycles. The molecule has 0 aliphatic heterocycles. The molecule has 4 rings (SSSR count). The first-order chi connectivity index (χ1) is 16.1. The van der Waals surface area contributed by atoms with E-state index in [0.29, 0.717) is 23.6 Å². The molecular formula is C27H23NO5. The minimum absolute atomic E-state index is 0.0165. The summed E-state index contributed by atoms with van der Waals surface area (Å²) in [4.78, 5) is 26.3. The van der Waals surface area contributed by atoms with Crippen molar-refractivity contribution < 1.29 is 24.2 Å². The first kappa shape index (κ1) is 21.9. The van der Waals surface area contributed by atoms with E-state index in [2.05, 4.69) is 5.32 Å². The average molecular weight is 441 g/mol. The molecule has 0 bridgehead atoms. The maximum absolute atomic E-state index is 13.2. The summed E-state index contributed by atoms with van der Waals surface area (Å²) in [5.41, 5.74) is 0.949. The van der Waals surface area contributed by atoms with Gasteiger partial charge in [0.05, 0.1) is 12.3 Å². The molecule has 1 amide bonds. The van der Waals surface area contributed by atoms with Crippen LogP contribution in [0.3, 0.4) is 0 Å². The van der Waals surface area contributed by atoms with Gasteiger partial charge in [-0.25, -0.2) is 4.79 Å². The Bertz CT molecular complexity index is 1290. The van der Waals surface area contributed by atoms with E-state index in [9.17, 15) is 14.7 Å². The molecule has 0 heterocycles. The molecule has 0 saturated carbocycles. The monoisotopic (exact) mass is 441 g/mol. The Hall–Kier alpha value is -4.32. The van der Waals surface area contributed by atoms with Gasteiger partial charge in [0.1, 0.15) is 17.1 Å². The molecule has 0 radical (unpaired) electrons. The largest absolute Gasteiger partial charge is 0.507 e. The van der Waals surface area contributed by atoms with Crippen molar-refractivity contribution in [2.24, 2.45) is 0 Å². The molecule has 6 nitrogen and oxygen atoms in total. The van der Waals surface area contributed by atoms with Crippen LogP contribution in [-0.4, -0.2) is 23.6 Å². The van der Waals surface area contributed by atoms with Crippen LogP contribution in [0, 0.1) is 0 Å². The Morgan fingerprint density at radius 2 is 1.52 bits per heavy atom. The van der Waals surface area contributed by atoms with Gasteiger partial charge >= 0.3 is 5.97 Å². The second-order valence-electron chi connectivity index (χ2n) is 7.33. The Balaban J connectivity index is 1.64. The van der Waals surface area contributed by atoms with Crippen LogP contribution >= 0.6 is 0 Å². The molecule has 166 valence electrons. The van der Waals surface area contributed by atoms with Gasteiger partial charge in [0.25, 0.3) is 5.91 Å². The van der Waals surface area contributed by atoms with Gasteiger partial charge in [-0.2, -0.15) is 0 Å². The summed E-state index contributed by atoms with van der Waals surface area (Å²) < 4.78 is 11.2. The number of fused-ring (bicyclic) bond motifs is 1. The van der Waals surface area contributed by atoms with Crippen LogP contribution < -0.4 is 10.1 Å². The van der Waals surface area contributed by atoms with Gasteiger partial charge in [-0.05, 0) is 42.0 Å². The Labute approximate surface area is 191 Å². The normalized spacial score (nSPS) is 11.5. The minimum atomic E-state index is -1.24. The molecule has 0 aliphatic carbocycles. The Kier molecular flexibility index (Phi) is 6.55. The van der Waals surface area contributed by atoms with Crippen LogP contribution in [0.25, 0.3) is 10.8 Å². The van der Waals surface area contributed by atoms with Crippen LogP contribution in [0.15, 0.2) is 91.0 Å². The lowest BCUT2D eigenvalue weighted by atomic mass is 10.1. The summed E-state index contributed by atoms with van der Waals surface area (Å²) in [5.74, 6) is -1.05. The summed E-state index contributed by atoms with van der Waals surface area (Å²) in [5, 5.41) is 14.8. The molecule has 4 aromatic carbocycles. The summed E-state index contributed by atoms with van der Waals surface area (Å²) in [7, 11) is 0. The quantitative estimate of drug-likeness (QED) is 0.371. The highest BCUT2D eigenvalue weighted by atomic mass is 16.5. The van der Waals surface area contributed by atoms with Crippen LogP contribution in [0.4, 0.5) is 5.69 Å². The van der Waals surface area contributed by atoms with Gasteiger partial charge in [0.15, 0.2) is 0 Å². The molecule has 4 aromatic rings. The molecule has 1 unspecified atom stereocenters. The van der Waals surface area contributed by atoms with Crippen molar-refractivity contribution in [3.63, 3.8) is 0 Å². The van der Waals surface area contributed by atoms with Gasteiger partial charge in [0.2, 0.25) is 6.10 Å². The highest BCUT2D eigenvalue weighted by Crippen LogP contribution is 2.30. The predicted molar refractivity (Wildman–Crippen MR) is 126 cm³/mol. The fraction of sp³-hybridized carbons (Fsp3) is 0.111. The van der Waals surface area contributed by atoms with Crippen molar-refractivity contribution >= 4 is 28.3 Å². The van der Waals surface area contributed by atoms with Gasteiger partial charge < -0.3 is 19.9 Å². The second kappa shape index (κ2) is 9.87. The van der Waals surface area contributed by atoms with E-state index in [0.717, 1.165) is 10.8 Å². The van der Waals surface area contributed by atoms with Gasteiger partial charge in [0, 0.05) is 5.56 Å². The summed E-state index contributed by atoms with van der Waals surface area (Å²) >= 11 is 0. The number of nitrogens with one attached hydrogen (secondary N) is 1. The van der Waals surface area contributed by atoms with Crippen molar-refractivity contribution in [2.75, 3.05) is 11.9 Å². The topological polar surface area (TPSA) is 84.9 Å². The Morgan fingerprint density at radius 1 is 0.879 bits per heavy atom. The zero-order valence-electron chi connectivity index (χ0n) is 18.0. The van der Waals surface area contributed by atoms with Crippen LogP contribution in [0.2, 0.25) is 0 Å². The number of phenols is 1. The number of esters is 1. The smallest absolute Gasteiger partial charge is 0.343 e. The summed E-state index contributed by atoms with van der Waals surface area (Å²) in [6.07, 6.45) is -1.24. The highest BCUT2D eigenvalue weighted by molar-refractivity contribution is 6.02. The number of hydrogen-bond acceptors (Lipinski definition) is 5. The molecule has 0 aromatic heterocycles. The molecule has 0 aliphatic rings. The molecule has 6 heteroatoms. The number of para-hydroxylation sites is 2. The zero-order valence-corrected chi connectivity index (χ0v) is 18.0. The van der Waals surface area contributed by atoms with E-state index >= 15 is 0 Å². The number of hydrogen-bond donors (Lipinski definition) is 2. The number of rotatable bonds is 7. The lowest BCUT2D eigenvalue weighted by Crippen LogP contribution is -2.26. The van der Waals surface area contributed by atoms with E-state index in [1.165, 1.54) is 6.07 Å². The van der Waals surface area contributed by atoms with E-state index in [-0.39, 0.29) is 11.3 Å². The first-order valence-corrected chi connectivity index (χ1v) is 10.6. The number of carbonyl (C=O) groups is 2. The van der Waals surface area contributed by atoms with E-state index in [4.69, 9.17) is 9.47 Å². The molecule has 33 heavy (non-hydrogen) atoms. The summed E-state index contributed by atoms with van der Waals surface area (Å²) in [6.45, 7) is 2.29. The number of carbonyl (C=O) groups excluding carboxylic acids is 2. The number of phenolic OH excluding ortho intramolecular Hbond substituents is 1. The van der Waals surface area contributed by atoms with Gasteiger partial charge in [-0.3, -0.25) is 4.79 Å². The van der Waals surface area contributed by atoms with Gasteiger partial charge in [-0.1, -0.05) is 66.7 Å². The predicted octanol–water partition coefficient (Wildman–Crippen LogP) is 5.48. The SMILES string of the molecule is CCOc1ccccc1NC(=O)C(OC(=O)c1cc2ccccc2cc1O)c1ccccc1. The number of amides is 1. The molecule has 0 spiro atoms. The van der Waals surface area contributed by atoms with Crippen molar-refractivity contribution in [2.45, 2.75) is 13.0 Å². The van der Waals surface area contributed by atoms with Crippen molar-refractivity contribution in [1.82, 2.24) is 0 Å². The molecule has 1 atom stereocenters. The van der Waals surface area contributed by atoms with Crippen molar-refractivity contribution in [1.29, 1.82) is 0 Å². The lowest BCUT2D eigenvalue weighted by Gasteiger charge is -2.19. The van der Waals surface area contributed by atoms with Crippen LogP contribution in [0.5, 0.6) is 11.5 Å². The van der Waals surface area contributed by atoms with E-state index < -0.39 is 18.0 Å². The fourth-order valence-electron chi connectivity index (χ4n) is 3.51. The highest BCUT2D eigenvalue weighted by Gasteiger charge is 2.27. The zero-order chi connectivity index (χ0) is 23.2. The standard InChI is InChI=1S/C27H23NO5/c1-2-32-24-15-9-8-14-22(24)28-26(30)25(18-10-4-3-5-11-18)33-27(31)21-16-19-12-6-7-13-20(19)17-23(21)29/h3-17,25,29H,2H2,1H3,(H,28,30). The number of ether oxygens (including phenoxy) is 2. The molecule has 2 N–H and O–H groups in total. The minimum Gasteiger partial charge on any atom is -0.507 e. The average Bonchev–Trinajstić information content (AvgIpc) is 2.83. The number of anilines is 1. The number of benzene rings is 4. The van der Waals surface area contributed by atoms with Crippen LogP contribution in [0.1, 0.15) is 28.9 Å². The van der Waals surface area contributed by atoms with Crippen LogP contribution in [-0.2, 0) is 9.53 Å². The Morgan fingerprint density at radius 3 is 2.24 bits per heavy atom. The third kappa shape index (κ3) is 4.96. The number of aromatic hydroxyl groups is 1. The second-order valence-corrected chi connectivity index (χ2v) is 7.33. The van der Waals surface area contributed by atoms with E-state index in [1.54, 1.807) is 60.7 Å². The first-order valence-electron chi connectivity index (χ1n) is 10.6. The fourth-order valence-corrected chi connectivity index (χ4v) is 3.51. The molecule has 0 fully saturated rings. The maximum Gasteiger partial charge on any atom is 0.343 e. The third-order valence-corrected chi connectivity index (χ3v) is 5.09.